The van der Waals surface area contributed by atoms with Crippen molar-refractivity contribution in [2.45, 2.75) is 25.2 Å². The van der Waals surface area contributed by atoms with Gasteiger partial charge in [-0.1, -0.05) is 29.8 Å². The van der Waals surface area contributed by atoms with Crippen LogP contribution in [0.25, 0.3) is 0 Å². The van der Waals surface area contributed by atoms with Crippen LogP contribution in [0, 0.1) is 13.8 Å². The van der Waals surface area contributed by atoms with Crippen molar-refractivity contribution >= 4 is 21.6 Å². The van der Waals surface area contributed by atoms with E-state index in [1.807, 2.05) is 38.1 Å². The molecule has 3 nitrogen and oxygen atoms in total. The lowest BCUT2D eigenvalue weighted by atomic mass is 10.1. The molecule has 0 spiro atoms. The molecule has 5 heteroatoms. The Balaban J connectivity index is 2.03. The van der Waals surface area contributed by atoms with Crippen molar-refractivity contribution in [3.05, 3.63) is 64.2 Å². The lowest BCUT2D eigenvalue weighted by Crippen LogP contribution is -2.26. The quantitative estimate of drug-likeness (QED) is 0.915. The number of rotatable bonds is 5. The van der Waals surface area contributed by atoms with Crippen LogP contribution in [0.1, 0.15) is 16.7 Å². The maximum absolute atomic E-state index is 12.2. The average Bonchev–Trinajstić information content (AvgIpc) is 2.41. The van der Waals surface area contributed by atoms with Crippen molar-refractivity contribution in [1.82, 2.24) is 4.72 Å². The minimum absolute atomic E-state index is 0.302. The molecule has 0 aromatic heterocycles. The molecular weight excluding hydrogens is 306 g/mol. The van der Waals surface area contributed by atoms with E-state index in [0.29, 0.717) is 22.9 Å². The number of hydrogen-bond donors (Lipinski definition) is 1. The molecule has 1 N–H and O–H groups in total. The SMILES string of the molecule is Cc1ccc(S(=O)(=O)NCCc2cccc(Cl)c2)cc1C. The van der Waals surface area contributed by atoms with Crippen LogP contribution in [0.5, 0.6) is 0 Å². The van der Waals surface area contributed by atoms with Crippen molar-refractivity contribution in [3.63, 3.8) is 0 Å². The lowest BCUT2D eigenvalue weighted by Gasteiger charge is -2.09. The molecule has 0 bridgehead atoms. The van der Waals surface area contributed by atoms with E-state index in [9.17, 15) is 8.42 Å². The third-order valence-corrected chi connectivity index (χ3v) is 5.08. The highest BCUT2D eigenvalue weighted by atomic mass is 35.5. The fourth-order valence-corrected chi connectivity index (χ4v) is 3.32. The zero-order valence-electron chi connectivity index (χ0n) is 12.1. The summed E-state index contributed by atoms with van der Waals surface area (Å²) in [5.41, 5.74) is 3.05. The van der Waals surface area contributed by atoms with Gasteiger partial charge in [-0.25, -0.2) is 13.1 Å². The van der Waals surface area contributed by atoms with Gasteiger partial charge in [-0.15, -0.1) is 0 Å². The molecule has 0 aliphatic carbocycles. The Bertz CT molecular complexity index is 742. The molecular formula is C16H18ClNO2S. The van der Waals surface area contributed by atoms with E-state index in [2.05, 4.69) is 4.72 Å². The van der Waals surface area contributed by atoms with Crippen LogP contribution in [-0.2, 0) is 16.4 Å². The van der Waals surface area contributed by atoms with E-state index in [0.717, 1.165) is 16.7 Å². The Morgan fingerprint density at radius 2 is 1.81 bits per heavy atom. The summed E-state index contributed by atoms with van der Waals surface area (Å²) in [6.45, 7) is 4.20. The topological polar surface area (TPSA) is 46.2 Å². The summed E-state index contributed by atoms with van der Waals surface area (Å²) in [5, 5.41) is 0.657. The first-order valence-corrected chi connectivity index (χ1v) is 8.56. The highest BCUT2D eigenvalue weighted by Gasteiger charge is 2.13. The molecule has 0 unspecified atom stereocenters. The molecule has 0 atom stereocenters. The van der Waals surface area contributed by atoms with Gasteiger partial charge in [0.05, 0.1) is 4.90 Å². The molecule has 0 saturated heterocycles. The second kappa shape index (κ2) is 6.60. The largest absolute Gasteiger partial charge is 0.240 e. The molecule has 0 aliphatic rings. The summed E-state index contributed by atoms with van der Waals surface area (Å²) in [7, 11) is -3.46. The summed E-state index contributed by atoms with van der Waals surface area (Å²) in [5.74, 6) is 0. The van der Waals surface area contributed by atoms with Crippen LogP contribution in [0.4, 0.5) is 0 Å². The van der Waals surface area contributed by atoms with Crippen molar-refractivity contribution in [2.24, 2.45) is 0 Å². The van der Waals surface area contributed by atoms with Gasteiger partial charge in [-0.05, 0) is 61.2 Å². The summed E-state index contributed by atoms with van der Waals surface area (Å²) >= 11 is 5.90. The zero-order chi connectivity index (χ0) is 15.5. The molecule has 21 heavy (non-hydrogen) atoms. The van der Waals surface area contributed by atoms with Crippen molar-refractivity contribution < 1.29 is 8.42 Å². The Hall–Kier alpha value is -1.36. The van der Waals surface area contributed by atoms with Crippen LogP contribution < -0.4 is 4.72 Å². The van der Waals surface area contributed by atoms with Gasteiger partial charge in [0.2, 0.25) is 10.0 Å². The molecule has 0 saturated carbocycles. The number of sulfonamides is 1. The molecule has 2 aromatic carbocycles. The molecule has 0 amide bonds. The molecule has 0 radical (unpaired) electrons. The molecule has 2 rings (SSSR count). The van der Waals surface area contributed by atoms with Crippen LogP contribution in [0.3, 0.4) is 0 Å². The number of hydrogen-bond acceptors (Lipinski definition) is 2. The van der Waals surface area contributed by atoms with Gasteiger partial charge < -0.3 is 0 Å². The third kappa shape index (κ3) is 4.30. The van der Waals surface area contributed by atoms with Crippen LogP contribution in [-0.4, -0.2) is 15.0 Å². The Labute approximate surface area is 131 Å². The van der Waals surface area contributed by atoms with Gasteiger partial charge in [0.25, 0.3) is 0 Å². The first-order valence-electron chi connectivity index (χ1n) is 6.70. The lowest BCUT2D eigenvalue weighted by molar-refractivity contribution is 0.581. The second-order valence-corrected chi connectivity index (χ2v) is 7.23. The van der Waals surface area contributed by atoms with E-state index in [4.69, 9.17) is 11.6 Å². The summed E-state index contributed by atoms with van der Waals surface area (Å²) in [4.78, 5) is 0.302. The Kier molecular flexibility index (Phi) is 5.04. The van der Waals surface area contributed by atoms with Gasteiger partial charge in [-0.3, -0.25) is 0 Å². The maximum Gasteiger partial charge on any atom is 0.240 e. The highest BCUT2D eigenvalue weighted by molar-refractivity contribution is 7.89. The first-order chi connectivity index (χ1) is 9.88. The minimum atomic E-state index is -3.46. The first kappa shape index (κ1) is 16.0. The zero-order valence-corrected chi connectivity index (χ0v) is 13.6. The second-order valence-electron chi connectivity index (χ2n) is 5.02. The third-order valence-electron chi connectivity index (χ3n) is 3.38. The smallest absolute Gasteiger partial charge is 0.211 e. The number of nitrogens with one attached hydrogen (secondary N) is 1. The summed E-state index contributed by atoms with van der Waals surface area (Å²) < 4.78 is 27.1. The van der Waals surface area contributed by atoms with Gasteiger partial charge >= 0.3 is 0 Å². The van der Waals surface area contributed by atoms with Crippen molar-refractivity contribution in [2.75, 3.05) is 6.54 Å². The molecule has 0 fully saturated rings. The van der Waals surface area contributed by atoms with Crippen LogP contribution in [0.2, 0.25) is 5.02 Å². The number of benzene rings is 2. The van der Waals surface area contributed by atoms with Crippen molar-refractivity contribution in [1.29, 1.82) is 0 Å². The molecule has 2 aromatic rings. The predicted octanol–water partition coefficient (Wildman–Crippen LogP) is 3.48. The van der Waals surface area contributed by atoms with E-state index < -0.39 is 10.0 Å². The van der Waals surface area contributed by atoms with Crippen LogP contribution >= 0.6 is 11.6 Å². The monoisotopic (exact) mass is 323 g/mol. The van der Waals surface area contributed by atoms with Gasteiger partial charge in [0.15, 0.2) is 0 Å². The standard InChI is InChI=1S/C16H18ClNO2S/c1-12-6-7-16(10-13(12)2)21(19,20)18-9-8-14-4-3-5-15(17)11-14/h3-7,10-11,18H,8-9H2,1-2H3. The van der Waals surface area contributed by atoms with Crippen molar-refractivity contribution in [3.8, 4) is 0 Å². The van der Waals surface area contributed by atoms with Gasteiger partial charge in [-0.2, -0.15) is 0 Å². The number of halogens is 1. The van der Waals surface area contributed by atoms with E-state index in [1.165, 1.54) is 0 Å². The molecule has 0 heterocycles. The average molecular weight is 324 g/mol. The highest BCUT2D eigenvalue weighted by Crippen LogP contribution is 2.15. The fourth-order valence-electron chi connectivity index (χ4n) is 1.99. The summed E-state index contributed by atoms with van der Waals surface area (Å²) in [6.07, 6.45) is 0.602. The minimum Gasteiger partial charge on any atom is -0.211 e. The molecule has 112 valence electrons. The van der Waals surface area contributed by atoms with Crippen LogP contribution in [0.15, 0.2) is 47.4 Å². The van der Waals surface area contributed by atoms with E-state index in [1.54, 1.807) is 18.2 Å². The van der Waals surface area contributed by atoms with E-state index >= 15 is 0 Å². The fraction of sp³-hybridized carbons (Fsp3) is 0.250. The normalized spacial score (nSPS) is 11.6. The Morgan fingerprint density at radius 3 is 2.48 bits per heavy atom. The summed E-state index contributed by atoms with van der Waals surface area (Å²) in [6, 6.07) is 12.6. The van der Waals surface area contributed by atoms with Gasteiger partial charge in [0.1, 0.15) is 0 Å². The van der Waals surface area contributed by atoms with E-state index in [-0.39, 0.29) is 0 Å². The Morgan fingerprint density at radius 1 is 1.05 bits per heavy atom. The maximum atomic E-state index is 12.2. The number of aryl methyl sites for hydroxylation is 2. The molecule has 0 aliphatic heterocycles. The predicted molar refractivity (Wildman–Crippen MR) is 86.3 cm³/mol. The van der Waals surface area contributed by atoms with Gasteiger partial charge in [0, 0.05) is 11.6 Å².